The highest BCUT2D eigenvalue weighted by molar-refractivity contribution is 5.88. The van der Waals surface area contributed by atoms with Gasteiger partial charge in [-0.25, -0.2) is 0 Å². The van der Waals surface area contributed by atoms with Crippen molar-refractivity contribution < 1.29 is 14.7 Å². The van der Waals surface area contributed by atoms with E-state index in [1.165, 1.54) is 6.08 Å². The van der Waals surface area contributed by atoms with Crippen LogP contribution in [0.5, 0.6) is 0 Å². The molecule has 0 heterocycles. The molecule has 4 heteroatoms. The quantitative estimate of drug-likeness (QED) is 0.781. The van der Waals surface area contributed by atoms with Crippen molar-refractivity contribution >= 4 is 11.9 Å². The van der Waals surface area contributed by atoms with E-state index in [-0.39, 0.29) is 12.5 Å². The van der Waals surface area contributed by atoms with Gasteiger partial charge >= 0.3 is 5.97 Å². The Kier molecular flexibility index (Phi) is 5.11. The minimum Gasteiger partial charge on any atom is -0.481 e. The summed E-state index contributed by atoms with van der Waals surface area (Å²) in [5.41, 5.74) is 1.56. The molecule has 1 amide bonds. The fraction of sp³-hybridized carbons (Fsp3) is 0.286. The minimum absolute atomic E-state index is 0.0853. The van der Waals surface area contributed by atoms with Gasteiger partial charge < -0.3 is 10.4 Å². The molecule has 1 rings (SSSR count). The lowest BCUT2D eigenvalue weighted by atomic mass is 9.99. The van der Waals surface area contributed by atoms with Gasteiger partial charge in [0.25, 0.3) is 0 Å². The lowest BCUT2D eigenvalue weighted by Crippen LogP contribution is -2.30. The maximum Gasteiger partial charge on any atom is 0.312 e. The number of carboxylic acid groups (broad SMARTS) is 1. The Morgan fingerprint density at radius 3 is 2.39 bits per heavy atom. The van der Waals surface area contributed by atoms with Crippen LogP contribution in [0.1, 0.15) is 25.3 Å². The summed E-state index contributed by atoms with van der Waals surface area (Å²) in [4.78, 5) is 22.6. The molecule has 96 valence electrons. The van der Waals surface area contributed by atoms with Crippen molar-refractivity contribution in [1.29, 1.82) is 0 Å². The van der Waals surface area contributed by atoms with E-state index in [0.29, 0.717) is 5.56 Å². The van der Waals surface area contributed by atoms with Crippen LogP contribution in [-0.4, -0.2) is 23.5 Å². The fourth-order valence-corrected chi connectivity index (χ4v) is 1.55. The SMILES string of the molecule is CC(C)=CC(=O)NCC(C(=O)O)c1ccccc1. The van der Waals surface area contributed by atoms with E-state index in [9.17, 15) is 9.59 Å². The second-order valence-corrected chi connectivity index (χ2v) is 4.27. The summed E-state index contributed by atoms with van der Waals surface area (Å²) in [5, 5.41) is 11.8. The zero-order valence-corrected chi connectivity index (χ0v) is 10.5. The van der Waals surface area contributed by atoms with Crippen LogP contribution in [-0.2, 0) is 9.59 Å². The van der Waals surface area contributed by atoms with Crippen molar-refractivity contribution in [1.82, 2.24) is 5.32 Å². The van der Waals surface area contributed by atoms with Gasteiger partial charge in [0.1, 0.15) is 0 Å². The zero-order valence-electron chi connectivity index (χ0n) is 10.5. The molecule has 0 fully saturated rings. The maximum atomic E-state index is 11.4. The van der Waals surface area contributed by atoms with Crippen LogP contribution in [0.25, 0.3) is 0 Å². The van der Waals surface area contributed by atoms with Gasteiger partial charge in [0, 0.05) is 12.6 Å². The lowest BCUT2D eigenvalue weighted by molar-refractivity contribution is -0.138. The first-order valence-electron chi connectivity index (χ1n) is 5.71. The molecule has 0 bridgehead atoms. The summed E-state index contributed by atoms with van der Waals surface area (Å²) in [6.45, 7) is 3.71. The number of rotatable bonds is 5. The standard InChI is InChI=1S/C14H17NO3/c1-10(2)8-13(16)15-9-12(14(17)18)11-6-4-3-5-7-11/h3-8,12H,9H2,1-2H3,(H,15,16)(H,17,18). The molecule has 0 aromatic heterocycles. The molecular formula is C14H17NO3. The third-order valence-electron chi connectivity index (χ3n) is 2.40. The van der Waals surface area contributed by atoms with E-state index >= 15 is 0 Å². The summed E-state index contributed by atoms with van der Waals surface area (Å²) in [7, 11) is 0. The molecule has 1 unspecified atom stereocenters. The van der Waals surface area contributed by atoms with E-state index in [1.54, 1.807) is 24.3 Å². The Balaban J connectivity index is 2.69. The Bertz CT molecular complexity index is 447. The Labute approximate surface area is 106 Å². The van der Waals surface area contributed by atoms with Crippen LogP contribution in [0.2, 0.25) is 0 Å². The lowest BCUT2D eigenvalue weighted by Gasteiger charge is -2.13. The van der Waals surface area contributed by atoms with Crippen LogP contribution < -0.4 is 5.32 Å². The molecule has 1 atom stereocenters. The van der Waals surface area contributed by atoms with Gasteiger partial charge in [-0.15, -0.1) is 0 Å². The molecule has 18 heavy (non-hydrogen) atoms. The third-order valence-corrected chi connectivity index (χ3v) is 2.40. The van der Waals surface area contributed by atoms with Gasteiger partial charge in [-0.05, 0) is 19.4 Å². The number of benzene rings is 1. The molecule has 4 nitrogen and oxygen atoms in total. The molecule has 1 aromatic rings. The van der Waals surface area contributed by atoms with E-state index in [0.717, 1.165) is 5.57 Å². The normalized spacial score (nSPS) is 11.4. The fourth-order valence-electron chi connectivity index (χ4n) is 1.55. The molecule has 0 aliphatic rings. The molecule has 0 aliphatic heterocycles. The summed E-state index contributed by atoms with van der Waals surface area (Å²) in [6.07, 6.45) is 1.45. The maximum absolute atomic E-state index is 11.4. The molecule has 0 spiro atoms. The van der Waals surface area contributed by atoms with Crippen molar-refractivity contribution in [3.63, 3.8) is 0 Å². The predicted molar refractivity (Wildman–Crippen MR) is 69.3 cm³/mol. The van der Waals surface area contributed by atoms with Gasteiger partial charge in [0.2, 0.25) is 5.91 Å². The van der Waals surface area contributed by atoms with E-state index < -0.39 is 11.9 Å². The van der Waals surface area contributed by atoms with Crippen molar-refractivity contribution in [2.75, 3.05) is 6.54 Å². The van der Waals surface area contributed by atoms with Gasteiger partial charge in [0.05, 0.1) is 5.92 Å². The summed E-state index contributed by atoms with van der Waals surface area (Å²) in [5.74, 6) is -1.93. The van der Waals surface area contributed by atoms with Crippen molar-refractivity contribution in [3.8, 4) is 0 Å². The molecule has 2 N–H and O–H groups in total. The number of carbonyl (C=O) groups is 2. The summed E-state index contributed by atoms with van der Waals surface area (Å²) in [6, 6.07) is 8.87. The first kappa shape index (κ1) is 14.0. The summed E-state index contributed by atoms with van der Waals surface area (Å²) < 4.78 is 0. The van der Waals surface area contributed by atoms with Crippen molar-refractivity contribution in [3.05, 3.63) is 47.5 Å². The second kappa shape index (κ2) is 6.59. The van der Waals surface area contributed by atoms with E-state index in [1.807, 2.05) is 19.9 Å². The van der Waals surface area contributed by atoms with E-state index in [4.69, 9.17) is 5.11 Å². The number of amides is 1. The average Bonchev–Trinajstić information content (AvgIpc) is 2.29. The molecule has 0 aliphatic carbocycles. The number of aliphatic carboxylic acids is 1. The van der Waals surface area contributed by atoms with Gasteiger partial charge in [-0.2, -0.15) is 0 Å². The number of hydrogen-bond acceptors (Lipinski definition) is 2. The number of nitrogens with one attached hydrogen (secondary N) is 1. The molecule has 0 radical (unpaired) electrons. The Morgan fingerprint density at radius 2 is 1.89 bits per heavy atom. The molecular weight excluding hydrogens is 230 g/mol. The highest BCUT2D eigenvalue weighted by Crippen LogP contribution is 2.14. The Morgan fingerprint density at radius 1 is 1.28 bits per heavy atom. The Hall–Kier alpha value is -2.10. The highest BCUT2D eigenvalue weighted by Gasteiger charge is 2.19. The van der Waals surface area contributed by atoms with Gasteiger partial charge in [0.15, 0.2) is 0 Å². The first-order valence-corrected chi connectivity index (χ1v) is 5.71. The predicted octanol–water partition coefficient (Wildman–Crippen LogP) is 1.94. The molecule has 0 saturated carbocycles. The van der Waals surface area contributed by atoms with Gasteiger partial charge in [-0.3, -0.25) is 9.59 Å². The zero-order chi connectivity index (χ0) is 13.5. The van der Waals surface area contributed by atoms with Crippen LogP contribution >= 0.6 is 0 Å². The first-order chi connectivity index (χ1) is 8.50. The minimum atomic E-state index is -0.946. The van der Waals surface area contributed by atoms with Crippen LogP contribution in [0.4, 0.5) is 0 Å². The smallest absolute Gasteiger partial charge is 0.312 e. The average molecular weight is 247 g/mol. The second-order valence-electron chi connectivity index (χ2n) is 4.27. The monoisotopic (exact) mass is 247 g/mol. The molecule has 1 aromatic carbocycles. The largest absolute Gasteiger partial charge is 0.481 e. The number of allylic oxidation sites excluding steroid dienone is 1. The van der Waals surface area contributed by atoms with Crippen LogP contribution in [0.15, 0.2) is 42.0 Å². The van der Waals surface area contributed by atoms with Crippen molar-refractivity contribution in [2.24, 2.45) is 0 Å². The number of carboxylic acids is 1. The topological polar surface area (TPSA) is 66.4 Å². The third kappa shape index (κ3) is 4.41. The summed E-state index contributed by atoms with van der Waals surface area (Å²) >= 11 is 0. The highest BCUT2D eigenvalue weighted by atomic mass is 16.4. The number of carbonyl (C=O) groups excluding carboxylic acids is 1. The van der Waals surface area contributed by atoms with Crippen LogP contribution in [0, 0.1) is 0 Å². The molecule has 0 saturated heterocycles. The van der Waals surface area contributed by atoms with E-state index in [2.05, 4.69) is 5.32 Å². The van der Waals surface area contributed by atoms with Crippen LogP contribution in [0.3, 0.4) is 0 Å². The van der Waals surface area contributed by atoms with Gasteiger partial charge in [-0.1, -0.05) is 35.9 Å². The van der Waals surface area contributed by atoms with Crippen molar-refractivity contribution in [2.45, 2.75) is 19.8 Å². The number of hydrogen-bond donors (Lipinski definition) is 2.